The first-order valence-corrected chi connectivity index (χ1v) is 10.3. The number of carbonyl (C=O) groups excluding carboxylic acids is 1. The van der Waals surface area contributed by atoms with Crippen LogP contribution in [0.25, 0.3) is 10.8 Å². The third kappa shape index (κ3) is 4.75. The van der Waals surface area contributed by atoms with Gasteiger partial charge in [-0.05, 0) is 53.2 Å². The molecule has 7 nitrogen and oxygen atoms in total. The molecule has 32 heavy (non-hydrogen) atoms. The summed E-state index contributed by atoms with van der Waals surface area (Å²) in [6, 6.07) is 17.9. The van der Waals surface area contributed by atoms with E-state index >= 15 is 0 Å². The molecule has 8 heteroatoms. The van der Waals surface area contributed by atoms with Crippen molar-refractivity contribution in [2.24, 2.45) is 0 Å². The fourth-order valence-corrected chi connectivity index (χ4v) is 4.21. The Balaban J connectivity index is 0.00000144. The molecule has 2 aliphatic heterocycles. The monoisotopic (exact) mass is 458 g/mol. The first-order valence-electron chi connectivity index (χ1n) is 10.3. The number of fused-ring (bicyclic) bond motifs is 2. The molecule has 2 aliphatic rings. The predicted molar refractivity (Wildman–Crippen MR) is 117 cm³/mol. The minimum absolute atomic E-state index is 0. The molecule has 170 valence electrons. The van der Waals surface area contributed by atoms with Gasteiger partial charge in [0.1, 0.15) is 12.3 Å². The second-order valence-electron chi connectivity index (χ2n) is 7.83. The second kappa shape index (κ2) is 10.1. The summed E-state index contributed by atoms with van der Waals surface area (Å²) in [7, 11) is 1.66. The molecule has 0 unspecified atom stereocenters. The van der Waals surface area contributed by atoms with E-state index in [1.54, 1.807) is 7.11 Å². The van der Waals surface area contributed by atoms with Gasteiger partial charge >= 0.3 is 0 Å². The number of hydrogen-bond acceptors (Lipinski definition) is 4. The van der Waals surface area contributed by atoms with Gasteiger partial charge in [-0.1, -0.05) is 12.1 Å². The van der Waals surface area contributed by atoms with Crippen molar-refractivity contribution in [3.05, 3.63) is 65.7 Å². The van der Waals surface area contributed by atoms with E-state index in [2.05, 4.69) is 12.1 Å². The van der Waals surface area contributed by atoms with Crippen molar-refractivity contribution in [1.82, 2.24) is 4.90 Å². The molecule has 0 radical (unpaired) electrons. The summed E-state index contributed by atoms with van der Waals surface area (Å²) < 4.78 is 16.1. The molecule has 2 heterocycles. The molecule has 1 fully saturated rings. The van der Waals surface area contributed by atoms with Crippen LogP contribution in [0, 0.1) is 0 Å². The molecular weight excluding hydrogens is 432 g/mol. The zero-order chi connectivity index (χ0) is 20.5. The number of nitrogens with zero attached hydrogens (tertiary/aromatic N) is 1. The Labute approximate surface area is 193 Å². The highest BCUT2D eigenvalue weighted by molar-refractivity contribution is 5.98. The quantitative estimate of drug-likeness (QED) is 0.505. The zero-order valence-corrected chi connectivity index (χ0v) is 18.7. The minimum Gasteiger partial charge on any atom is -1.00 e. The van der Waals surface area contributed by atoms with E-state index in [0.29, 0.717) is 6.79 Å². The number of benzene rings is 3. The lowest BCUT2D eigenvalue weighted by Gasteiger charge is -2.32. The van der Waals surface area contributed by atoms with Gasteiger partial charge in [0.15, 0.2) is 11.5 Å². The maximum atomic E-state index is 13.0. The number of piperazine rings is 1. The first kappa shape index (κ1) is 23.7. The average molecular weight is 459 g/mol. The maximum absolute atomic E-state index is 13.0. The summed E-state index contributed by atoms with van der Waals surface area (Å²) in [4.78, 5) is 16.5. The zero-order valence-electron chi connectivity index (χ0n) is 17.9. The molecule has 3 aromatic carbocycles. The van der Waals surface area contributed by atoms with Gasteiger partial charge in [0.05, 0.1) is 33.3 Å². The number of hydrogen-bond donors (Lipinski definition) is 1. The lowest BCUT2D eigenvalue weighted by molar-refractivity contribution is -0.917. The number of amides is 1. The van der Waals surface area contributed by atoms with Crippen LogP contribution < -0.4 is 31.5 Å². The van der Waals surface area contributed by atoms with Crippen LogP contribution in [0.3, 0.4) is 0 Å². The van der Waals surface area contributed by atoms with Gasteiger partial charge in [-0.25, -0.2) is 0 Å². The normalized spacial score (nSPS) is 15.1. The summed E-state index contributed by atoms with van der Waals surface area (Å²) in [6.07, 6.45) is 0. The smallest absolute Gasteiger partial charge is 0.254 e. The Kier molecular flexibility index (Phi) is 7.45. The summed E-state index contributed by atoms with van der Waals surface area (Å²) in [5.74, 6) is 2.57. The van der Waals surface area contributed by atoms with Crippen molar-refractivity contribution in [2.75, 3.05) is 40.1 Å². The lowest BCUT2D eigenvalue weighted by Crippen LogP contribution is -3.13. The van der Waals surface area contributed by atoms with Crippen LogP contribution in [0.15, 0.2) is 54.6 Å². The van der Waals surface area contributed by atoms with Crippen LogP contribution in [0.1, 0.15) is 15.9 Å². The molecule has 0 spiro atoms. The highest BCUT2D eigenvalue weighted by Crippen LogP contribution is 2.32. The van der Waals surface area contributed by atoms with E-state index in [1.165, 1.54) is 10.5 Å². The van der Waals surface area contributed by atoms with Gasteiger partial charge < -0.3 is 41.9 Å². The van der Waals surface area contributed by atoms with E-state index in [0.717, 1.165) is 66.3 Å². The standard InChI is InChI=1S/C24H24N2O4.ClH.H2O/c1-28-21-6-5-18-13-20(4-3-19(18)14-21)24(27)26-10-8-25(9-11-26)15-17-2-7-22-23(12-17)30-16-29-22;;/h2-7,12-14H,8-11,15-16H2,1H3;1H;1H2. The van der Waals surface area contributed by atoms with Crippen molar-refractivity contribution in [3.63, 3.8) is 0 Å². The predicted octanol–water partition coefficient (Wildman–Crippen LogP) is -1.70. The molecule has 0 saturated carbocycles. The molecule has 3 N–H and O–H groups in total. The fourth-order valence-electron chi connectivity index (χ4n) is 4.21. The third-order valence-corrected chi connectivity index (χ3v) is 5.94. The van der Waals surface area contributed by atoms with Crippen LogP contribution in [-0.4, -0.2) is 56.4 Å². The summed E-state index contributed by atoms with van der Waals surface area (Å²) in [6.45, 7) is 4.62. The van der Waals surface area contributed by atoms with Crippen LogP contribution >= 0.6 is 0 Å². The summed E-state index contributed by atoms with van der Waals surface area (Å²) >= 11 is 0. The van der Waals surface area contributed by atoms with Gasteiger partial charge in [0.25, 0.3) is 5.91 Å². The van der Waals surface area contributed by atoms with E-state index in [-0.39, 0.29) is 23.8 Å². The SMILES string of the molecule is COc1ccc2cc(C(=O)N3CC[NH+](Cc4ccc5c(c4)OCO5)CC3)ccc2c1.O.[Cl-]. The second-order valence-corrected chi connectivity index (χ2v) is 7.83. The number of methoxy groups -OCH3 is 1. The molecule has 0 aromatic heterocycles. The van der Waals surface area contributed by atoms with Crippen molar-refractivity contribution >= 4 is 16.7 Å². The number of ether oxygens (including phenoxy) is 3. The van der Waals surface area contributed by atoms with Crippen LogP contribution in [0.5, 0.6) is 17.2 Å². The number of carbonyl (C=O) groups is 1. The van der Waals surface area contributed by atoms with E-state index in [4.69, 9.17) is 14.2 Å². The topological polar surface area (TPSA) is 83.9 Å². The Morgan fingerprint density at radius 3 is 2.47 bits per heavy atom. The molecule has 3 aromatic rings. The molecule has 0 atom stereocenters. The Bertz CT molecular complexity index is 1100. The van der Waals surface area contributed by atoms with E-state index < -0.39 is 0 Å². The van der Waals surface area contributed by atoms with Crippen LogP contribution in [-0.2, 0) is 6.54 Å². The Morgan fingerprint density at radius 2 is 1.69 bits per heavy atom. The van der Waals surface area contributed by atoms with E-state index in [1.807, 2.05) is 47.4 Å². The lowest BCUT2D eigenvalue weighted by atomic mass is 10.1. The van der Waals surface area contributed by atoms with Gasteiger partial charge in [-0.15, -0.1) is 0 Å². The highest BCUT2D eigenvalue weighted by Gasteiger charge is 2.25. The van der Waals surface area contributed by atoms with Crippen LogP contribution in [0.2, 0.25) is 0 Å². The Hall–Kier alpha value is -3.00. The number of rotatable bonds is 4. The van der Waals surface area contributed by atoms with Gasteiger partial charge in [0.2, 0.25) is 6.79 Å². The molecule has 1 saturated heterocycles. The largest absolute Gasteiger partial charge is 1.00 e. The molecule has 5 rings (SSSR count). The summed E-state index contributed by atoms with van der Waals surface area (Å²) in [5.41, 5.74) is 1.98. The third-order valence-electron chi connectivity index (χ3n) is 5.94. The van der Waals surface area contributed by atoms with Crippen molar-refractivity contribution < 1.29 is 41.8 Å². The number of nitrogens with one attached hydrogen (secondary N) is 1. The Morgan fingerprint density at radius 1 is 0.969 bits per heavy atom. The highest BCUT2D eigenvalue weighted by atomic mass is 35.5. The summed E-state index contributed by atoms with van der Waals surface area (Å²) in [5, 5.41) is 2.12. The number of halogens is 1. The van der Waals surface area contributed by atoms with Crippen molar-refractivity contribution in [2.45, 2.75) is 6.54 Å². The fraction of sp³-hybridized carbons (Fsp3) is 0.292. The average Bonchev–Trinajstić information content (AvgIpc) is 3.26. The van der Waals surface area contributed by atoms with Gasteiger partial charge in [-0.2, -0.15) is 0 Å². The maximum Gasteiger partial charge on any atom is 0.254 e. The molecular formula is C24H27ClN2O5. The molecule has 0 aliphatic carbocycles. The van der Waals surface area contributed by atoms with Crippen molar-refractivity contribution in [1.29, 1.82) is 0 Å². The van der Waals surface area contributed by atoms with Gasteiger partial charge in [0, 0.05) is 11.1 Å². The van der Waals surface area contributed by atoms with Gasteiger partial charge in [-0.3, -0.25) is 4.79 Å². The molecule has 0 bridgehead atoms. The number of quaternary nitrogens is 1. The first-order chi connectivity index (χ1) is 14.7. The van der Waals surface area contributed by atoms with E-state index in [9.17, 15) is 4.79 Å². The van der Waals surface area contributed by atoms with Crippen LogP contribution in [0.4, 0.5) is 0 Å². The minimum atomic E-state index is 0. The van der Waals surface area contributed by atoms with Crippen molar-refractivity contribution in [3.8, 4) is 17.2 Å². The molecule has 1 amide bonds.